The van der Waals surface area contributed by atoms with Crippen molar-refractivity contribution in [3.05, 3.63) is 30.1 Å². The van der Waals surface area contributed by atoms with Gasteiger partial charge in [-0.25, -0.2) is 0 Å². The minimum Gasteiger partial charge on any atom is -0.357 e. The second-order valence-electron chi connectivity index (χ2n) is 5.62. The molecule has 1 heterocycles. The van der Waals surface area contributed by atoms with Crippen LogP contribution in [0.4, 0.5) is 0 Å². The highest BCUT2D eigenvalue weighted by Gasteiger charge is 2.27. The molecule has 1 saturated carbocycles. The van der Waals surface area contributed by atoms with Crippen LogP contribution in [0.5, 0.6) is 0 Å². The van der Waals surface area contributed by atoms with Crippen LogP contribution in [0.25, 0.3) is 0 Å². The molecule has 0 spiro atoms. The van der Waals surface area contributed by atoms with E-state index in [0.29, 0.717) is 0 Å². The van der Waals surface area contributed by atoms with Crippen molar-refractivity contribution in [3.8, 4) is 0 Å². The molecule has 1 fully saturated rings. The van der Waals surface area contributed by atoms with Crippen LogP contribution in [0.2, 0.25) is 0 Å². The van der Waals surface area contributed by atoms with Gasteiger partial charge in [-0.2, -0.15) is 0 Å². The Bertz CT molecular complexity index is 442. The molecule has 0 amide bonds. The fraction of sp³-hybridized carbons (Fsp3) is 0.647. The van der Waals surface area contributed by atoms with Gasteiger partial charge in [-0.1, -0.05) is 13.0 Å². The van der Waals surface area contributed by atoms with E-state index in [1.807, 2.05) is 18.3 Å². The van der Waals surface area contributed by atoms with E-state index in [0.717, 1.165) is 56.8 Å². The fourth-order valence-corrected chi connectivity index (χ4v) is 2.53. The number of pyridine rings is 1. The summed E-state index contributed by atoms with van der Waals surface area (Å²) in [7, 11) is 0. The van der Waals surface area contributed by atoms with Gasteiger partial charge in [-0.15, -0.1) is 0 Å². The molecule has 22 heavy (non-hydrogen) atoms. The number of aliphatic imine (C=N–C) groups is 1. The minimum atomic E-state index is 0.819. The molecule has 0 aliphatic heterocycles. The van der Waals surface area contributed by atoms with Crippen LogP contribution in [-0.4, -0.2) is 54.6 Å². The summed E-state index contributed by atoms with van der Waals surface area (Å²) in [5.74, 6) is 0.908. The molecule has 1 aliphatic rings. The van der Waals surface area contributed by atoms with Gasteiger partial charge in [0.25, 0.3) is 0 Å². The number of hydrogen-bond acceptors (Lipinski definition) is 3. The summed E-state index contributed by atoms with van der Waals surface area (Å²) in [4.78, 5) is 11.5. The molecular formula is C17H29N5. The zero-order chi connectivity index (χ0) is 15.6. The molecule has 0 bridgehead atoms. The first-order valence-electron chi connectivity index (χ1n) is 8.49. The maximum absolute atomic E-state index is 4.67. The number of guanidine groups is 1. The van der Waals surface area contributed by atoms with Crippen molar-refractivity contribution in [1.29, 1.82) is 0 Å². The molecule has 5 heteroatoms. The van der Waals surface area contributed by atoms with Crippen LogP contribution in [0, 0.1) is 0 Å². The van der Waals surface area contributed by atoms with Crippen LogP contribution in [0.15, 0.2) is 29.4 Å². The van der Waals surface area contributed by atoms with E-state index in [1.165, 1.54) is 12.8 Å². The number of likely N-dealkylation sites (N-methyl/N-ethyl adjacent to an activating group) is 1. The molecule has 1 aromatic rings. The van der Waals surface area contributed by atoms with Crippen molar-refractivity contribution in [2.45, 2.75) is 39.2 Å². The van der Waals surface area contributed by atoms with Gasteiger partial charge in [0.2, 0.25) is 0 Å². The minimum absolute atomic E-state index is 0.819. The quantitative estimate of drug-likeness (QED) is 0.538. The second-order valence-corrected chi connectivity index (χ2v) is 5.62. The monoisotopic (exact) mass is 303 g/mol. The van der Waals surface area contributed by atoms with Gasteiger partial charge in [0, 0.05) is 44.0 Å². The predicted octanol–water partition coefficient (Wildman–Crippen LogP) is 1.66. The third-order valence-corrected chi connectivity index (χ3v) is 3.87. The highest BCUT2D eigenvalue weighted by molar-refractivity contribution is 5.79. The molecule has 2 rings (SSSR count). The molecule has 0 radical (unpaired) electrons. The van der Waals surface area contributed by atoms with Crippen LogP contribution < -0.4 is 10.6 Å². The van der Waals surface area contributed by atoms with Crippen molar-refractivity contribution in [1.82, 2.24) is 20.5 Å². The van der Waals surface area contributed by atoms with Crippen molar-refractivity contribution < 1.29 is 0 Å². The predicted molar refractivity (Wildman–Crippen MR) is 92.2 cm³/mol. The lowest BCUT2D eigenvalue weighted by atomic mass is 10.3. The molecule has 0 unspecified atom stereocenters. The normalized spacial score (nSPS) is 15.1. The van der Waals surface area contributed by atoms with Gasteiger partial charge in [0.15, 0.2) is 5.96 Å². The van der Waals surface area contributed by atoms with Gasteiger partial charge in [-0.05, 0) is 38.4 Å². The molecule has 0 atom stereocenters. The Kier molecular flexibility index (Phi) is 7.16. The molecule has 0 aromatic carbocycles. The lowest BCUT2D eigenvalue weighted by molar-refractivity contribution is 0.286. The van der Waals surface area contributed by atoms with Crippen molar-refractivity contribution in [2.75, 3.05) is 32.7 Å². The summed E-state index contributed by atoms with van der Waals surface area (Å²) in [5.41, 5.74) is 1.11. The number of nitrogens with one attached hydrogen (secondary N) is 2. The Hall–Kier alpha value is -1.62. The first-order valence-corrected chi connectivity index (χ1v) is 8.49. The second kappa shape index (κ2) is 9.41. The Morgan fingerprint density at radius 3 is 2.82 bits per heavy atom. The van der Waals surface area contributed by atoms with E-state index in [-0.39, 0.29) is 0 Å². The molecule has 1 aliphatic carbocycles. The standard InChI is InChI=1S/C17H29N5/c1-3-18-17(20-12-10-15-7-5-6-11-19-15)21-13-14-22(4-2)16-8-9-16/h5-7,11,16H,3-4,8-10,12-14H2,1-2H3,(H2,18,20,21). The number of rotatable bonds is 9. The Morgan fingerprint density at radius 1 is 1.32 bits per heavy atom. The van der Waals surface area contributed by atoms with Gasteiger partial charge < -0.3 is 10.6 Å². The smallest absolute Gasteiger partial charge is 0.191 e. The average Bonchev–Trinajstić information content (AvgIpc) is 3.37. The first kappa shape index (κ1) is 16.7. The summed E-state index contributed by atoms with van der Waals surface area (Å²) >= 11 is 0. The van der Waals surface area contributed by atoms with Crippen molar-refractivity contribution in [2.24, 2.45) is 4.99 Å². The molecule has 0 saturated heterocycles. The SMILES string of the molecule is CCNC(=NCCN(CC)C1CC1)NCCc1ccccn1. The lowest BCUT2D eigenvalue weighted by Gasteiger charge is -2.18. The number of hydrogen-bond donors (Lipinski definition) is 2. The Balaban J connectivity index is 1.72. The van der Waals surface area contributed by atoms with Crippen LogP contribution >= 0.6 is 0 Å². The summed E-state index contributed by atoms with van der Waals surface area (Å²) in [6.45, 7) is 9.10. The fourth-order valence-electron chi connectivity index (χ4n) is 2.53. The van der Waals surface area contributed by atoms with Gasteiger partial charge in [-0.3, -0.25) is 14.9 Å². The zero-order valence-electron chi connectivity index (χ0n) is 13.9. The summed E-state index contributed by atoms with van der Waals surface area (Å²) in [6.07, 6.45) is 5.47. The molecule has 1 aromatic heterocycles. The van der Waals surface area contributed by atoms with E-state index in [2.05, 4.69) is 45.4 Å². The Morgan fingerprint density at radius 2 is 2.18 bits per heavy atom. The molecular weight excluding hydrogens is 274 g/mol. The molecule has 122 valence electrons. The highest BCUT2D eigenvalue weighted by Crippen LogP contribution is 2.25. The Labute approximate surface area is 134 Å². The van der Waals surface area contributed by atoms with Crippen LogP contribution in [-0.2, 0) is 6.42 Å². The van der Waals surface area contributed by atoms with E-state index in [9.17, 15) is 0 Å². The van der Waals surface area contributed by atoms with Crippen LogP contribution in [0.1, 0.15) is 32.4 Å². The van der Waals surface area contributed by atoms with Crippen LogP contribution in [0.3, 0.4) is 0 Å². The lowest BCUT2D eigenvalue weighted by Crippen LogP contribution is -2.39. The van der Waals surface area contributed by atoms with E-state index in [1.54, 1.807) is 0 Å². The van der Waals surface area contributed by atoms with Crippen molar-refractivity contribution >= 4 is 5.96 Å². The first-order chi connectivity index (χ1) is 10.8. The van der Waals surface area contributed by atoms with Gasteiger partial charge in [0.05, 0.1) is 6.54 Å². The van der Waals surface area contributed by atoms with E-state index >= 15 is 0 Å². The maximum atomic E-state index is 4.67. The van der Waals surface area contributed by atoms with Gasteiger partial charge >= 0.3 is 0 Å². The number of nitrogens with zero attached hydrogens (tertiary/aromatic N) is 3. The third kappa shape index (κ3) is 6.02. The van der Waals surface area contributed by atoms with E-state index < -0.39 is 0 Å². The molecule has 2 N–H and O–H groups in total. The molecule has 5 nitrogen and oxygen atoms in total. The highest BCUT2D eigenvalue weighted by atomic mass is 15.2. The third-order valence-electron chi connectivity index (χ3n) is 3.87. The number of aromatic nitrogens is 1. The van der Waals surface area contributed by atoms with E-state index in [4.69, 9.17) is 0 Å². The summed E-state index contributed by atoms with van der Waals surface area (Å²) < 4.78 is 0. The zero-order valence-corrected chi connectivity index (χ0v) is 13.9. The summed E-state index contributed by atoms with van der Waals surface area (Å²) in [6, 6.07) is 6.85. The topological polar surface area (TPSA) is 52.6 Å². The average molecular weight is 303 g/mol. The maximum Gasteiger partial charge on any atom is 0.191 e. The largest absolute Gasteiger partial charge is 0.357 e. The summed E-state index contributed by atoms with van der Waals surface area (Å²) in [5, 5.41) is 6.69. The van der Waals surface area contributed by atoms with Gasteiger partial charge in [0.1, 0.15) is 0 Å². The van der Waals surface area contributed by atoms with Crippen molar-refractivity contribution in [3.63, 3.8) is 0 Å².